The molecule has 1 aromatic rings. The Balaban J connectivity index is 1.89. The zero-order valence-corrected chi connectivity index (χ0v) is 23.0. The van der Waals surface area contributed by atoms with Crippen LogP contribution < -0.4 is 0 Å². The molecule has 1 aromatic carbocycles. The average Bonchev–Trinajstić information content (AvgIpc) is 2.77. The number of aliphatic hydroxyl groups excluding tert-OH is 1. The van der Waals surface area contributed by atoms with Crippen molar-refractivity contribution in [3.63, 3.8) is 0 Å². The van der Waals surface area contributed by atoms with E-state index in [0.717, 1.165) is 31.2 Å². The van der Waals surface area contributed by atoms with Crippen molar-refractivity contribution < 1.29 is 18.7 Å². The van der Waals surface area contributed by atoms with Crippen molar-refractivity contribution in [2.45, 2.75) is 98.1 Å². The first-order chi connectivity index (χ1) is 16.1. The first kappa shape index (κ1) is 27.7. The maximum Gasteiger partial charge on any atom is 0.363 e. The van der Waals surface area contributed by atoms with E-state index in [9.17, 15) is 9.67 Å². The van der Waals surface area contributed by atoms with Gasteiger partial charge < -0.3 is 14.2 Å². The molecular formula is C29H47O4P. The summed E-state index contributed by atoms with van der Waals surface area (Å²) in [4.78, 5) is 0. The second-order valence-corrected chi connectivity index (χ2v) is 13.7. The molecule has 5 heteroatoms. The lowest BCUT2D eigenvalue weighted by Gasteiger charge is -2.42. The fourth-order valence-corrected chi connectivity index (χ4v) is 7.70. The van der Waals surface area contributed by atoms with Gasteiger partial charge in [-0.3, -0.25) is 4.57 Å². The van der Waals surface area contributed by atoms with Gasteiger partial charge in [0.2, 0.25) is 0 Å². The summed E-state index contributed by atoms with van der Waals surface area (Å²) in [5.41, 5.74) is 0.950. The first-order valence-corrected chi connectivity index (χ1v) is 15.1. The van der Waals surface area contributed by atoms with E-state index in [4.69, 9.17) is 9.05 Å². The number of rotatable bonds is 9. The fraction of sp³-hybridized carbons (Fsp3) is 0.724. The smallest absolute Gasteiger partial charge is 0.363 e. The van der Waals surface area contributed by atoms with E-state index in [0.29, 0.717) is 35.5 Å². The van der Waals surface area contributed by atoms with Gasteiger partial charge >= 0.3 is 7.60 Å². The Morgan fingerprint density at radius 1 is 0.853 bits per heavy atom. The van der Waals surface area contributed by atoms with Crippen molar-refractivity contribution in [1.82, 2.24) is 0 Å². The molecule has 7 atom stereocenters. The van der Waals surface area contributed by atoms with E-state index in [1.165, 1.54) is 12.8 Å². The molecule has 2 aliphatic rings. The van der Waals surface area contributed by atoms with Crippen LogP contribution in [0.25, 0.3) is 6.08 Å². The molecule has 3 rings (SSSR count). The monoisotopic (exact) mass is 490 g/mol. The molecule has 2 saturated carbocycles. The molecule has 4 nitrogen and oxygen atoms in total. The third-order valence-corrected chi connectivity index (χ3v) is 10.0. The minimum absolute atomic E-state index is 0.159. The molecule has 0 aliphatic heterocycles. The van der Waals surface area contributed by atoms with Gasteiger partial charge in [-0.25, -0.2) is 0 Å². The van der Waals surface area contributed by atoms with E-state index in [2.05, 4.69) is 41.5 Å². The van der Waals surface area contributed by atoms with Crippen LogP contribution in [0.1, 0.15) is 85.6 Å². The van der Waals surface area contributed by atoms with Gasteiger partial charge in [-0.1, -0.05) is 90.8 Å². The zero-order valence-electron chi connectivity index (χ0n) is 22.1. The summed E-state index contributed by atoms with van der Waals surface area (Å²) in [5, 5.41) is 11.3. The molecule has 192 valence electrons. The molecule has 0 saturated heterocycles. The van der Waals surface area contributed by atoms with Crippen LogP contribution in [0.2, 0.25) is 0 Å². The molecule has 0 heterocycles. The maximum absolute atomic E-state index is 14.5. The highest BCUT2D eigenvalue weighted by molar-refractivity contribution is 7.54. The third kappa shape index (κ3) is 7.29. The predicted octanol–water partition coefficient (Wildman–Crippen LogP) is 8.17. The summed E-state index contributed by atoms with van der Waals surface area (Å²) in [6.07, 6.45) is 9.28. The van der Waals surface area contributed by atoms with Gasteiger partial charge in [-0.15, -0.1) is 0 Å². The Bertz CT molecular complexity index is 783. The van der Waals surface area contributed by atoms with Crippen LogP contribution in [-0.4, -0.2) is 23.2 Å². The highest BCUT2D eigenvalue weighted by atomic mass is 31.2. The summed E-state index contributed by atoms with van der Waals surface area (Å²) >= 11 is 0. The quantitative estimate of drug-likeness (QED) is 0.355. The molecule has 0 radical (unpaired) electrons. The highest BCUT2D eigenvalue weighted by Gasteiger charge is 2.45. The van der Waals surface area contributed by atoms with Crippen LogP contribution >= 0.6 is 7.60 Å². The summed E-state index contributed by atoms with van der Waals surface area (Å²) < 4.78 is 27.4. The normalized spacial score (nSPS) is 31.9. The largest absolute Gasteiger partial charge is 0.377 e. The number of hydrogen-bond acceptors (Lipinski definition) is 4. The highest BCUT2D eigenvalue weighted by Crippen LogP contribution is 2.59. The number of benzene rings is 1. The molecule has 2 fully saturated rings. The second kappa shape index (κ2) is 12.3. The first-order valence-electron chi connectivity index (χ1n) is 13.5. The van der Waals surface area contributed by atoms with Crippen LogP contribution in [0.3, 0.4) is 0 Å². The van der Waals surface area contributed by atoms with E-state index in [-0.39, 0.29) is 12.2 Å². The standard InChI is InChI=1S/C29H47O4P/c1-20(2)25-15-12-22(5)18-27(25)32-34(31,29(30)17-14-24-10-8-7-9-11-24)33-28-19-23(6)13-16-26(28)21(3)4/h7-11,14,17,20-23,25-30H,12-13,15-16,18-19H2,1-6H3/b17-14+/t22-,23-,25-,26-,27-,28-,29-/m1/s1. The molecule has 0 amide bonds. The second-order valence-electron chi connectivity index (χ2n) is 11.7. The third-order valence-electron chi connectivity index (χ3n) is 8.07. The summed E-state index contributed by atoms with van der Waals surface area (Å²) in [6.45, 7) is 13.3. The van der Waals surface area contributed by atoms with Gasteiger partial charge in [0.05, 0.1) is 12.2 Å². The lowest BCUT2D eigenvalue weighted by atomic mass is 9.75. The molecule has 0 unspecified atom stereocenters. The zero-order chi connectivity index (χ0) is 24.9. The van der Waals surface area contributed by atoms with E-state index in [1.807, 2.05) is 36.4 Å². The topological polar surface area (TPSA) is 55.8 Å². The van der Waals surface area contributed by atoms with Crippen LogP contribution in [-0.2, 0) is 13.6 Å². The van der Waals surface area contributed by atoms with Crippen molar-refractivity contribution in [3.8, 4) is 0 Å². The van der Waals surface area contributed by atoms with Crippen molar-refractivity contribution in [1.29, 1.82) is 0 Å². The molecule has 2 aliphatic carbocycles. The van der Waals surface area contributed by atoms with Gasteiger partial charge in [0.1, 0.15) is 0 Å². The number of aliphatic hydroxyl groups is 1. The molecule has 0 bridgehead atoms. The van der Waals surface area contributed by atoms with E-state index >= 15 is 0 Å². The average molecular weight is 491 g/mol. The van der Waals surface area contributed by atoms with Crippen molar-refractivity contribution >= 4 is 13.7 Å². The lowest BCUT2D eigenvalue weighted by molar-refractivity contribution is -0.0121. The maximum atomic E-state index is 14.5. The van der Waals surface area contributed by atoms with E-state index in [1.54, 1.807) is 6.08 Å². The van der Waals surface area contributed by atoms with Gasteiger partial charge in [0, 0.05) is 0 Å². The Hall–Kier alpha value is -0.930. The fourth-order valence-electron chi connectivity index (χ4n) is 5.87. The summed E-state index contributed by atoms with van der Waals surface area (Å²) in [6, 6.07) is 9.78. The van der Waals surface area contributed by atoms with Gasteiger partial charge in [-0.05, 0) is 72.8 Å². The number of hydrogen-bond donors (Lipinski definition) is 1. The van der Waals surface area contributed by atoms with Gasteiger partial charge in [0.25, 0.3) is 0 Å². The minimum Gasteiger partial charge on any atom is -0.377 e. The lowest BCUT2D eigenvalue weighted by Crippen LogP contribution is -2.37. The SMILES string of the molecule is CC(C)[C@H]1CC[C@@H](C)C[C@H]1OP(=O)(O[C@@H]1C[C@H](C)CC[C@@H]1C(C)C)[C@@H](O)/C=C/c1ccccc1. The van der Waals surface area contributed by atoms with Crippen molar-refractivity contribution in [3.05, 3.63) is 42.0 Å². The predicted molar refractivity (Wildman–Crippen MR) is 142 cm³/mol. The van der Waals surface area contributed by atoms with Crippen LogP contribution in [0.4, 0.5) is 0 Å². The van der Waals surface area contributed by atoms with E-state index < -0.39 is 13.4 Å². The van der Waals surface area contributed by atoms with Crippen LogP contribution in [0, 0.1) is 35.5 Å². The Morgan fingerprint density at radius 2 is 1.32 bits per heavy atom. The molecule has 0 spiro atoms. The Kier molecular flexibility index (Phi) is 10.0. The van der Waals surface area contributed by atoms with Gasteiger partial charge in [0.15, 0.2) is 5.85 Å². The Morgan fingerprint density at radius 3 is 1.76 bits per heavy atom. The molecular weight excluding hydrogens is 443 g/mol. The summed E-state index contributed by atoms with van der Waals surface area (Å²) in [5.74, 6) is 1.26. The minimum atomic E-state index is -3.82. The molecule has 0 aromatic heterocycles. The van der Waals surface area contributed by atoms with Crippen LogP contribution in [0.5, 0.6) is 0 Å². The van der Waals surface area contributed by atoms with Gasteiger partial charge in [-0.2, -0.15) is 0 Å². The Labute approximate surface area is 208 Å². The molecule has 34 heavy (non-hydrogen) atoms. The van der Waals surface area contributed by atoms with Crippen molar-refractivity contribution in [2.75, 3.05) is 0 Å². The van der Waals surface area contributed by atoms with Crippen molar-refractivity contribution in [2.24, 2.45) is 35.5 Å². The van der Waals surface area contributed by atoms with Crippen LogP contribution in [0.15, 0.2) is 36.4 Å². The summed E-state index contributed by atoms with van der Waals surface area (Å²) in [7, 11) is -3.82. The molecule has 1 N–H and O–H groups in total.